The summed E-state index contributed by atoms with van der Waals surface area (Å²) in [7, 11) is 0. The number of carboxylic acids is 1. The lowest BCUT2D eigenvalue weighted by atomic mass is 10.4. The van der Waals surface area contributed by atoms with Crippen molar-refractivity contribution in [1.82, 2.24) is 19.5 Å². The van der Waals surface area contributed by atoms with Crippen molar-refractivity contribution in [2.24, 2.45) is 0 Å². The predicted molar refractivity (Wildman–Crippen MR) is 59.7 cm³/mol. The molecule has 0 saturated heterocycles. The molecule has 0 atom stereocenters. The lowest BCUT2D eigenvalue weighted by Crippen LogP contribution is -2.11. The van der Waals surface area contributed by atoms with Gasteiger partial charge >= 0.3 is 5.97 Å². The summed E-state index contributed by atoms with van der Waals surface area (Å²) < 4.78 is 1.92. The van der Waals surface area contributed by atoms with Crippen molar-refractivity contribution in [3.05, 3.63) is 36.8 Å². The van der Waals surface area contributed by atoms with E-state index in [1.807, 2.05) is 10.8 Å². The number of hydrogen-bond acceptors (Lipinski definition) is 5. The summed E-state index contributed by atoms with van der Waals surface area (Å²) in [6.07, 6.45) is 7.92. The van der Waals surface area contributed by atoms with Crippen LogP contribution < -0.4 is 5.32 Å². The summed E-state index contributed by atoms with van der Waals surface area (Å²) in [5.41, 5.74) is -0.0647. The van der Waals surface area contributed by atoms with Crippen LogP contribution in [0.15, 0.2) is 31.1 Å². The maximum Gasteiger partial charge on any atom is 0.356 e. The van der Waals surface area contributed by atoms with Crippen molar-refractivity contribution in [2.45, 2.75) is 6.54 Å². The van der Waals surface area contributed by atoms with Crippen LogP contribution in [0.25, 0.3) is 0 Å². The third-order valence-corrected chi connectivity index (χ3v) is 2.11. The topological polar surface area (TPSA) is 92.9 Å². The second-order valence-corrected chi connectivity index (χ2v) is 3.32. The average Bonchev–Trinajstić information content (AvgIpc) is 2.83. The van der Waals surface area contributed by atoms with Gasteiger partial charge in [0.2, 0.25) is 0 Å². The van der Waals surface area contributed by atoms with Crippen LogP contribution in [0.4, 0.5) is 5.82 Å². The van der Waals surface area contributed by atoms with Gasteiger partial charge in [0.1, 0.15) is 5.82 Å². The Kier molecular flexibility index (Phi) is 3.29. The molecule has 7 heteroatoms. The van der Waals surface area contributed by atoms with Gasteiger partial charge in [-0.05, 0) is 0 Å². The highest BCUT2D eigenvalue weighted by molar-refractivity contribution is 5.84. The second kappa shape index (κ2) is 5.06. The minimum Gasteiger partial charge on any atom is -0.476 e. The number of aromatic carboxylic acids is 1. The maximum absolute atomic E-state index is 10.5. The molecule has 0 aliphatic rings. The lowest BCUT2D eigenvalue weighted by molar-refractivity contribution is 0.0690. The Bertz CT molecular complexity index is 480. The monoisotopic (exact) mass is 233 g/mol. The van der Waals surface area contributed by atoms with Gasteiger partial charge in [-0.3, -0.25) is 0 Å². The Morgan fingerprint density at radius 1 is 1.41 bits per heavy atom. The first-order valence-electron chi connectivity index (χ1n) is 5.00. The molecule has 0 spiro atoms. The SMILES string of the molecule is O=C(O)c1cnc(NCCn2ccnc2)cn1. The number of imidazole rings is 1. The molecular weight excluding hydrogens is 222 g/mol. The lowest BCUT2D eigenvalue weighted by Gasteiger charge is -2.05. The second-order valence-electron chi connectivity index (χ2n) is 3.32. The van der Waals surface area contributed by atoms with E-state index in [1.165, 1.54) is 12.4 Å². The largest absolute Gasteiger partial charge is 0.476 e. The Morgan fingerprint density at radius 2 is 2.29 bits per heavy atom. The number of rotatable bonds is 5. The van der Waals surface area contributed by atoms with Gasteiger partial charge in [-0.15, -0.1) is 0 Å². The van der Waals surface area contributed by atoms with Gasteiger partial charge in [0.25, 0.3) is 0 Å². The highest BCUT2D eigenvalue weighted by Crippen LogP contribution is 2.00. The Hall–Kier alpha value is -2.44. The van der Waals surface area contributed by atoms with Crippen molar-refractivity contribution in [3.63, 3.8) is 0 Å². The quantitative estimate of drug-likeness (QED) is 0.780. The third kappa shape index (κ3) is 3.00. The zero-order valence-electron chi connectivity index (χ0n) is 8.95. The van der Waals surface area contributed by atoms with Crippen molar-refractivity contribution >= 4 is 11.8 Å². The number of anilines is 1. The van der Waals surface area contributed by atoms with Crippen molar-refractivity contribution in [1.29, 1.82) is 0 Å². The zero-order chi connectivity index (χ0) is 12.1. The van der Waals surface area contributed by atoms with Gasteiger partial charge in [-0.1, -0.05) is 0 Å². The highest BCUT2D eigenvalue weighted by Gasteiger charge is 2.04. The average molecular weight is 233 g/mol. The molecule has 2 aromatic heterocycles. The molecule has 0 fully saturated rings. The molecule has 2 N–H and O–H groups in total. The Morgan fingerprint density at radius 3 is 2.88 bits per heavy atom. The van der Waals surface area contributed by atoms with E-state index in [1.54, 1.807) is 12.5 Å². The molecule has 0 unspecified atom stereocenters. The number of carboxylic acid groups (broad SMARTS) is 1. The first-order chi connectivity index (χ1) is 8.25. The molecule has 0 aliphatic carbocycles. The van der Waals surface area contributed by atoms with Crippen LogP contribution in [0.3, 0.4) is 0 Å². The predicted octanol–water partition coefficient (Wildman–Crippen LogP) is 0.483. The van der Waals surface area contributed by atoms with Crippen LogP contribution in [0.5, 0.6) is 0 Å². The van der Waals surface area contributed by atoms with Crippen LogP contribution in [0, 0.1) is 0 Å². The maximum atomic E-state index is 10.5. The van der Waals surface area contributed by atoms with Gasteiger partial charge in [-0.2, -0.15) is 0 Å². The molecule has 7 nitrogen and oxygen atoms in total. The van der Waals surface area contributed by atoms with E-state index in [0.29, 0.717) is 12.4 Å². The minimum absolute atomic E-state index is 0.0647. The molecule has 2 rings (SSSR count). The van der Waals surface area contributed by atoms with Gasteiger partial charge in [0.15, 0.2) is 5.69 Å². The minimum atomic E-state index is -1.08. The smallest absolute Gasteiger partial charge is 0.356 e. The summed E-state index contributed by atoms with van der Waals surface area (Å²) in [4.78, 5) is 22.2. The van der Waals surface area contributed by atoms with E-state index < -0.39 is 5.97 Å². The summed E-state index contributed by atoms with van der Waals surface area (Å²) in [5, 5.41) is 11.7. The van der Waals surface area contributed by atoms with E-state index in [0.717, 1.165) is 6.54 Å². The number of nitrogens with zero attached hydrogens (tertiary/aromatic N) is 4. The van der Waals surface area contributed by atoms with Crippen LogP contribution >= 0.6 is 0 Å². The zero-order valence-corrected chi connectivity index (χ0v) is 8.95. The molecule has 0 aromatic carbocycles. The fourth-order valence-corrected chi connectivity index (χ4v) is 1.26. The van der Waals surface area contributed by atoms with Crippen LogP contribution in [0.2, 0.25) is 0 Å². The van der Waals surface area contributed by atoms with E-state index in [4.69, 9.17) is 5.11 Å². The number of aromatic nitrogens is 4. The standard InChI is InChI=1S/C10H11N5O2/c16-10(17)8-5-14-9(6-13-8)12-2-4-15-3-1-11-7-15/h1,3,5-7H,2,4H2,(H,12,14)(H,16,17). The van der Waals surface area contributed by atoms with Crippen LogP contribution in [-0.4, -0.2) is 37.1 Å². The molecule has 2 aromatic rings. The summed E-state index contributed by atoms with van der Waals surface area (Å²) in [6, 6.07) is 0. The highest BCUT2D eigenvalue weighted by atomic mass is 16.4. The van der Waals surface area contributed by atoms with Crippen molar-refractivity contribution in [2.75, 3.05) is 11.9 Å². The summed E-state index contributed by atoms with van der Waals surface area (Å²) in [6.45, 7) is 1.42. The summed E-state index contributed by atoms with van der Waals surface area (Å²) >= 11 is 0. The van der Waals surface area contributed by atoms with Gasteiger partial charge in [0, 0.05) is 25.5 Å². The first kappa shape index (κ1) is 11.1. The fraction of sp³-hybridized carbons (Fsp3) is 0.200. The molecular formula is C10H11N5O2. The fourth-order valence-electron chi connectivity index (χ4n) is 1.26. The van der Waals surface area contributed by atoms with Crippen molar-refractivity contribution < 1.29 is 9.90 Å². The molecule has 0 aliphatic heterocycles. The van der Waals surface area contributed by atoms with E-state index in [9.17, 15) is 4.79 Å². The molecule has 17 heavy (non-hydrogen) atoms. The van der Waals surface area contributed by atoms with Gasteiger partial charge in [-0.25, -0.2) is 19.7 Å². The van der Waals surface area contributed by atoms with Crippen LogP contribution in [-0.2, 0) is 6.54 Å². The van der Waals surface area contributed by atoms with E-state index >= 15 is 0 Å². The van der Waals surface area contributed by atoms with E-state index in [2.05, 4.69) is 20.3 Å². The van der Waals surface area contributed by atoms with Gasteiger partial charge in [0.05, 0.1) is 18.7 Å². The number of nitrogens with one attached hydrogen (secondary N) is 1. The molecule has 0 radical (unpaired) electrons. The number of carbonyl (C=O) groups is 1. The van der Waals surface area contributed by atoms with Crippen molar-refractivity contribution in [3.8, 4) is 0 Å². The third-order valence-electron chi connectivity index (χ3n) is 2.11. The molecule has 0 amide bonds. The molecule has 2 heterocycles. The normalized spacial score (nSPS) is 10.1. The molecule has 0 bridgehead atoms. The molecule has 0 saturated carbocycles. The molecule has 88 valence electrons. The Labute approximate surface area is 97.2 Å². The van der Waals surface area contributed by atoms with Crippen LogP contribution in [0.1, 0.15) is 10.5 Å². The number of hydrogen-bond donors (Lipinski definition) is 2. The van der Waals surface area contributed by atoms with E-state index in [-0.39, 0.29) is 5.69 Å². The first-order valence-corrected chi connectivity index (χ1v) is 5.00. The van der Waals surface area contributed by atoms with Gasteiger partial charge < -0.3 is 15.0 Å². The Balaban J connectivity index is 1.85. The summed E-state index contributed by atoms with van der Waals surface area (Å²) in [5.74, 6) is -0.530.